The molecule has 0 saturated heterocycles. The first-order valence-corrected chi connectivity index (χ1v) is 13.1. The first-order chi connectivity index (χ1) is 17.9. The molecule has 2 atom stereocenters. The number of benzene rings is 3. The highest BCUT2D eigenvalue weighted by Gasteiger charge is 2.31. The number of carbonyl (C=O) groups excluding carboxylic acids is 2. The van der Waals surface area contributed by atoms with E-state index in [2.05, 4.69) is 5.32 Å². The summed E-state index contributed by atoms with van der Waals surface area (Å²) in [6, 6.07) is 22.3. The van der Waals surface area contributed by atoms with Gasteiger partial charge < -0.3 is 19.7 Å². The van der Waals surface area contributed by atoms with Crippen LogP contribution in [-0.2, 0) is 29.0 Å². The summed E-state index contributed by atoms with van der Waals surface area (Å²) < 4.78 is 10.9. The molecule has 1 heterocycles. The molecular formula is C30H33ClN2O4. The maximum absolute atomic E-state index is 13.8. The van der Waals surface area contributed by atoms with Crippen molar-refractivity contribution in [3.63, 3.8) is 0 Å². The number of halogens is 1. The molecule has 4 rings (SSSR count). The predicted molar refractivity (Wildman–Crippen MR) is 145 cm³/mol. The summed E-state index contributed by atoms with van der Waals surface area (Å²) in [6.45, 7) is 4.44. The van der Waals surface area contributed by atoms with E-state index < -0.39 is 6.04 Å². The van der Waals surface area contributed by atoms with Crippen molar-refractivity contribution in [3.05, 3.63) is 94.5 Å². The Balaban J connectivity index is 1.61. The van der Waals surface area contributed by atoms with Gasteiger partial charge in [0.25, 0.3) is 0 Å². The summed E-state index contributed by atoms with van der Waals surface area (Å²) >= 11 is 6.49. The molecular weight excluding hydrogens is 488 g/mol. The van der Waals surface area contributed by atoms with Crippen LogP contribution in [-0.4, -0.2) is 35.6 Å². The molecule has 0 radical (unpaired) electrons. The highest BCUT2D eigenvalue weighted by atomic mass is 35.5. The molecule has 1 aliphatic rings. The van der Waals surface area contributed by atoms with Crippen LogP contribution < -0.4 is 14.8 Å². The maximum atomic E-state index is 13.8. The standard InChI is InChI=1S/C30H33ClN2O4/c1-3-21(2)32-30(35)26(17-22-9-5-4-6-10-22)33(19-24-11-7-8-12-25(24)31)29(34)16-14-23-13-15-27-28(18-23)37-20-36-27/h4-13,15,18,21,26H,3,14,16-17,19-20H2,1-2H3,(H,32,35)/t21-,26+/m0/s1. The Morgan fingerprint density at radius 1 is 0.973 bits per heavy atom. The largest absolute Gasteiger partial charge is 0.454 e. The quantitative estimate of drug-likeness (QED) is 0.359. The molecule has 0 aliphatic carbocycles. The highest BCUT2D eigenvalue weighted by molar-refractivity contribution is 6.31. The van der Waals surface area contributed by atoms with Crippen LogP contribution in [0.4, 0.5) is 0 Å². The number of rotatable bonds is 11. The number of nitrogens with zero attached hydrogens (tertiary/aromatic N) is 1. The van der Waals surface area contributed by atoms with Gasteiger partial charge in [-0.25, -0.2) is 0 Å². The van der Waals surface area contributed by atoms with E-state index in [1.54, 1.807) is 11.0 Å². The normalized spacial score (nSPS) is 13.6. The van der Waals surface area contributed by atoms with Crippen molar-refractivity contribution in [1.29, 1.82) is 0 Å². The van der Waals surface area contributed by atoms with E-state index >= 15 is 0 Å². The van der Waals surface area contributed by atoms with Gasteiger partial charge in [-0.05, 0) is 54.7 Å². The van der Waals surface area contributed by atoms with Crippen LogP contribution in [0.2, 0.25) is 5.02 Å². The number of amides is 2. The molecule has 3 aromatic rings. The smallest absolute Gasteiger partial charge is 0.243 e. The topological polar surface area (TPSA) is 67.9 Å². The van der Waals surface area contributed by atoms with Crippen molar-refractivity contribution in [2.45, 2.75) is 58.2 Å². The second-order valence-electron chi connectivity index (χ2n) is 9.32. The van der Waals surface area contributed by atoms with Gasteiger partial charge in [0, 0.05) is 30.5 Å². The molecule has 0 spiro atoms. The average Bonchev–Trinajstić information content (AvgIpc) is 3.38. The van der Waals surface area contributed by atoms with Crippen molar-refractivity contribution in [3.8, 4) is 11.5 Å². The molecule has 194 valence electrons. The number of ether oxygens (including phenoxy) is 2. The van der Waals surface area contributed by atoms with E-state index in [1.165, 1.54) is 0 Å². The number of fused-ring (bicyclic) bond motifs is 1. The van der Waals surface area contributed by atoms with Crippen LogP contribution >= 0.6 is 11.6 Å². The Morgan fingerprint density at radius 3 is 2.46 bits per heavy atom. The monoisotopic (exact) mass is 520 g/mol. The van der Waals surface area contributed by atoms with Crippen molar-refractivity contribution < 1.29 is 19.1 Å². The van der Waals surface area contributed by atoms with Crippen molar-refractivity contribution >= 4 is 23.4 Å². The van der Waals surface area contributed by atoms with Gasteiger partial charge in [0.15, 0.2) is 11.5 Å². The minimum absolute atomic E-state index is 0.00308. The van der Waals surface area contributed by atoms with Crippen LogP contribution in [0.1, 0.15) is 43.4 Å². The predicted octanol–water partition coefficient (Wildman–Crippen LogP) is 5.56. The molecule has 37 heavy (non-hydrogen) atoms. The number of aryl methyl sites for hydroxylation is 1. The lowest BCUT2D eigenvalue weighted by atomic mass is 10.0. The fourth-order valence-electron chi connectivity index (χ4n) is 4.30. The number of hydrogen-bond acceptors (Lipinski definition) is 4. The molecule has 6 nitrogen and oxygen atoms in total. The molecule has 0 bridgehead atoms. The lowest BCUT2D eigenvalue weighted by Crippen LogP contribution is -2.52. The molecule has 3 aromatic carbocycles. The Bertz CT molecular complexity index is 1220. The Labute approximate surface area is 223 Å². The van der Waals surface area contributed by atoms with Crippen molar-refractivity contribution in [2.75, 3.05) is 6.79 Å². The molecule has 1 N–H and O–H groups in total. The second-order valence-corrected chi connectivity index (χ2v) is 9.73. The SMILES string of the molecule is CC[C@H](C)NC(=O)[C@@H](Cc1ccccc1)N(Cc1ccccc1Cl)C(=O)CCc1ccc2c(c1)OCO2. The Kier molecular flexibility index (Phi) is 9.07. The Hall–Kier alpha value is -3.51. The van der Waals surface area contributed by atoms with Gasteiger partial charge in [-0.2, -0.15) is 0 Å². The van der Waals surface area contributed by atoms with Crippen molar-refractivity contribution in [2.24, 2.45) is 0 Å². The summed E-state index contributed by atoms with van der Waals surface area (Å²) in [5, 5.41) is 3.66. The summed E-state index contributed by atoms with van der Waals surface area (Å²) in [6.07, 6.45) is 1.96. The highest BCUT2D eigenvalue weighted by Crippen LogP contribution is 2.33. The molecule has 7 heteroatoms. The number of nitrogens with one attached hydrogen (secondary N) is 1. The van der Waals surface area contributed by atoms with Gasteiger partial charge in [-0.1, -0.05) is 73.1 Å². The molecule has 1 aliphatic heterocycles. The van der Waals surface area contributed by atoms with Gasteiger partial charge in [0.2, 0.25) is 18.6 Å². The average molecular weight is 521 g/mol. The summed E-state index contributed by atoms with van der Waals surface area (Å²) in [5.41, 5.74) is 2.76. The first-order valence-electron chi connectivity index (χ1n) is 12.7. The fourth-order valence-corrected chi connectivity index (χ4v) is 4.49. The molecule has 2 amide bonds. The lowest BCUT2D eigenvalue weighted by Gasteiger charge is -2.32. The zero-order valence-corrected chi connectivity index (χ0v) is 22.0. The Morgan fingerprint density at radius 2 is 1.70 bits per heavy atom. The molecule has 0 unspecified atom stereocenters. The van der Waals surface area contributed by atoms with E-state index in [4.69, 9.17) is 21.1 Å². The van der Waals surface area contributed by atoms with Crippen LogP contribution in [0.5, 0.6) is 11.5 Å². The summed E-state index contributed by atoms with van der Waals surface area (Å²) in [4.78, 5) is 29.1. The zero-order valence-electron chi connectivity index (χ0n) is 21.3. The van der Waals surface area contributed by atoms with Gasteiger partial charge in [-0.3, -0.25) is 9.59 Å². The second kappa shape index (κ2) is 12.6. The van der Waals surface area contributed by atoms with Gasteiger partial charge >= 0.3 is 0 Å². The minimum atomic E-state index is -0.683. The van der Waals surface area contributed by atoms with Gasteiger partial charge in [-0.15, -0.1) is 0 Å². The third kappa shape index (κ3) is 7.04. The summed E-state index contributed by atoms with van der Waals surface area (Å²) in [5.74, 6) is 1.12. The fraction of sp³-hybridized carbons (Fsp3) is 0.333. The van der Waals surface area contributed by atoms with Gasteiger partial charge in [0.05, 0.1) is 0 Å². The lowest BCUT2D eigenvalue weighted by molar-refractivity contribution is -0.141. The third-order valence-electron chi connectivity index (χ3n) is 6.64. The van der Waals surface area contributed by atoms with Crippen LogP contribution in [0, 0.1) is 0 Å². The van der Waals surface area contributed by atoms with Crippen LogP contribution in [0.15, 0.2) is 72.8 Å². The maximum Gasteiger partial charge on any atom is 0.243 e. The molecule has 0 fully saturated rings. The van der Waals surface area contributed by atoms with Crippen LogP contribution in [0.3, 0.4) is 0 Å². The molecule has 0 aromatic heterocycles. The van der Waals surface area contributed by atoms with E-state index in [0.717, 1.165) is 23.1 Å². The van der Waals surface area contributed by atoms with E-state index in [-0.39, 0.29) is 37.6 Å². The number of hydrogen-bond donors (Lipinski definition) is 1. The minimum Gasteiger partial charge on any atom is -0.454 e. The summed E-state index contributed by atoms with van der Waals surface area (Å²) in [7, 11) is 0. The van der Waals surface area contributed by atoms with Crippen molar-refractivity contribution in [1.82, 2.24) is 10.2 Å². The van der Waals surface area contributed by atoms with Gasteiger partial charge in [0.1, 0.15) is 6.04 Å². The third-order valence-corrected chi connectivity index (χ3v) is 7.00. The first kappa shape index (κ1) is 26.6. The van der Waals surface area contributed by atoms with Crippen LogP contribution in [0.25, 0.3) is 0 Å². The van der Waals surface area contributed by atoms with E-state index in [0.29, 0.717) is 29.4 Å². The molecule has 0 saturated carbocycles. The number of carbonyl (C=O) groups is 2. The zero-order chi connectivity index (χ0) is 26.2. The van der Waals surface area contributed by atoms with E-state index in [9.17, 15) is 9.59 Å². The van der Waals surface area contributed by atoms with E-state index in [1.807, 2.05) is 80.6 Å².